The molecule has 0 rings (SSSR count). The van der Waals surface area contributed by atoms with Crippen molar-refractivity contribution in [3.05, 3.63) is 0 Å². The quantitative estimate of drug-likeness (QED) is 0.545. The van der Waals surface area contributed by atoms with Crippen LogP contribution in [0.1, 0.15) is 41.0 Å². The van der Waals surface area contributed by atoms with Gasteiger partial charge in [0.15, 0.2) is 5.78 Å². The van der Waals surface area contributed by atoms with Gasteiger partial charge in [0.05, 0.1) is 5.92 Å². The molecule has 0 saturated carbocycles. The highest BCUT2D eigenvalue weighted by molar-refractivity contribution is 6.07. The van der Waals surface area contributed by atoms with Gasteiger partial charge in [0.2, 0.25) is 0 Å². The first-order chi connectivity index (χ1) is 7.57. The van der Waals surface area contributed by atoms with E-state index in [1.54, 1.807) is 34.6 Å². The monoisotopic (exact) mass is 238 g/mol. The molecule has 0 radical (unpaired) electrons. The van der Waals surface area contributed by atoms with Crippen LogP contribution in [-0.2, 0) is 14.3 Å². The van der Waals surface area contributed by atoms with Crippen molar-refractivity contribution in [3.63, 3.8) is 0 Å². The van der Waals surface area contributed by atoms with Gasteiger partial charge in [-0.1, -0.05) is 20.8 Å². The first-order valence-electron chi connectivity index (χ1n) is 5.65. The largest absolute Gasteiger partial charge is 0.371 e. The molecule has 3 heteroatoms. The molecule has 0 aromatic carbocycles. The predicted octanol–water partition coefficient (Wildman–Crippen LogP) is 2.24. The standard InChI is InChI=1S/C14H22O3/c1-8-9-10(11(15)13(2,3)4)12(16)14(5,6)17-7/h1,10H,9H2,2-7H3/t10-/m0/s1. The molecule has 0 aliphatic carbocycles. The van der Waals surface area contributed by atoms with Gasteiger partial charge in [0, 0.05) is 18.9 Å². The Hall–Kier alpha value is -1.14. The van der Waals surface area contributed by atoms with Gasteiger partial charge in [-0.15, -0.1) is 12.3 Å². The summed E-state index contributed by atoms with van der Waals surface area (Å²) < 4.78 is 5.12. The summed E-state index contributed by atoms with van der Waals surface area (Å²) in [4.78, 5) is 24.4. The molecule has 0 heterocycles. The number of carbonyl (C=O) groups excluding carboxylic acids is 2. The number of hydrogen-bond donors (Lipinski definition) is 0. The van der Waals surface area contributed by atoms with E-state index in [0.717, 1.165) is 0 Å². The van der Waals surface area contributed by atoms with Crippen LogP contribution in [-0.4, -0.2) is 24.3 Å². The Morgan fingerprint density at radius 2 is 1.65 bits per heavy atom. The molecule has 17 heavy (non-hydrogen) atoms. The van der Waals surface area contributed by atoms with Gasteiger partial charge in [-0.25, -0.2) is 0 Å². The lowest BCUT2D eigenvalue weighted by Crippen LogP contribution is -2.44. The van der Waals surface area contributed by atoms with Crippen molar-refractivity contribution in [2.45, 2.75) is 46.6 Å². The van der Waals surface area contributed by atoms with E-state index in [1.807, 2.05) is 0 Å². The molecular formula is C14H22O3. The van der Waals surface area contributed by atoms with Crippen LogP contribution in [0.2, 0.25) is 0 Å². The summed E-state index contributed by atoms with van der Waals surface area (Å²) in [5.74, 6) is 1.23. The van der Waals surface area contributed by atoms with Gasteiger partial charge < -0.3 is 4.74 Å². The summed E-state index contributed by atoms with van der Waals surface area (Å²) in [6, 6.07) is 0. The molecule has 0 spiro atoms. The lowest BCUT2D eigenvalue weighted by molar-refractivity contribution is -0.148. The summed E-state index contributed by atoms with van der Waals surface area (Å²) in [6.07, 6.45) is 5.36. The maximum Gasteiger partial charge on any atom is 0.175 e. The van der Waals surface area contributed by atoms with E-state index in [4.69, 9.17) is 11.2 Å². The predicted molar refractivity (Wildman–Crippen MR) is 67.5 cm³/mol. The van der Waals surface area contributed by atoms with Crippen molar-refractivity contribution in [1.29, 1.82) is 0 Å². The molecule has 0 aromatic rings. The normalized spacial score (nSPS) is 13.9. The van der Waals surface area contributed by atoms with Crippen molar-refractivity contribution in [2.24, 2.45) is 11.3 Å². The van der Waals surface area contributed by atoms with Crippen LogP contribution in [0.25, 0.3) is 0 Å². The number of ether oxygens (including phenoxy) is 1. The van der Waals surface area contributed by atoms with E-state index in [-0.39, 0.29) is 18.0 Å². The molecule has 0 aliphatic heterocycles. The number of rotatable bonds is 5. The number of terminal acetylenes is 1. The maximum atomic E-state index is 12.2. The molecule has 3 nitrogen and oxygen atoms in total. The molecule has 0 fully saturated rings. The highest BCUT2D eigenvalue weighted by Crippen LogP contribution is 2.27. The fourth-order valence-corrected chi connectivity index (χ4v) is 1.47. The van der Waals surface area contributed by atoms with E-state index in [1.165, 1.54) is 7.11 Å². The lowest BCUT2D eigenvalue weighted by atomic mass is 9.76. The van der Waals surface area contributed by atoms with Gasteiger partial charge in [-0.3, -0.25) is 9.59 Å². The number of carbonyl (C=O) groups is 2. The van der Waals surface area contributed by atoms with Gasteiger partial charge >= 0.3 is 0 Å². The second-order valence-electron chi connectivity index (χ2n) is 5.65. The summed E-state index contributed by atoms with van der Waals surface area (Å²) in [6.45, 7) is 8.65. The van der Waals surface area contributed by atoms with E-state index in [0.29, 0.717) is 0 Å². The van der Waals surface area contributed by atoms with Crippen LogP contribution in [0.5, 0.6) is 0 Å². The molecule has 0 amide bonds. The highest BCUT2D eigenvalue weighted by Gasteiger charge is 2.40. The first kappa shape index (κ1) is 15.9. The summed E-state index contributed by atoms with van der Waals surface area (Å²) in [7, 11) is 1.45. The van der Waals surface area contributed by atoms with Crippen molar-refractivity contribution in [3.8, 4) is 12.3 Å². The smallest absolute Gasteiger partial charge is 0.175 e. The zero-order valence-electron chi connectivity index (χ0n) is 11.6. The minimum absolute atomic E-state index is 0.127. The molecule has 0 bridgehead atoms. The molecule has 0 unspecified atom stereocenters. The minimum atomic E-state index is -0.984. The van der Waals surface area contributed by atoms with E-state index in [9.17, 15) is 9.59 Å². The van der Waals surface area contributed by atoms with Crippen molar-refractivity contribution in [1.82, 2.24) is 0 Å². The summed E-state index contributed by atoms with van der Waals surface area (Å²) in [5.41, 5.74) is -1.57. The molecule has 0 aromatic heterocycles. The average molecular weight is 238 g/mol. The van der Waals surface area contributed by atoms with Crippen molar-refractivity contribution >= 4 is 11.6 Å². The lowest BCUT2D eigenvalue weighted by Gasteiger charge is -2.29. The fraction of sp³-hybridized carbons (Fsp3) is 0.714. The number of Topliss-reactive ketones (excluding diaryl/α,β-unsaturated/α-hetero) is 2. The second-order valence-corrected chi connectivity index (χ2v) is 5.65. The maximum absolute atomic E-state index is 12.2. The Morgan fingerprint density at radius 1 is 1.18 bits per heavy atom. The summed E-state index contributed by atoms with van der Waals surface area (Å²) >= 11 is 0. The van der Waals surface area contributed by atoms with Crippen molar-refractivity contribution in [2.75, 3.05) is 7.11 Å². The molecule has 96 valence electrons. The van der Waals surface area contributed by atoms with E-state index < -0.39 is 16.9 Å². The Labute approximate surface area is 104 Å². The van der Waals surface area contributed by atoms with Crippen LogP contribution in [0, 0.1) is 23.7 Å². The van der Waals surface area contributed by atoms with Gasteiger partial charge in [0.25, 0.3) is 0 Å². The van der Waals surface area contributed by atoms with Crippen LogP contribution >= 0.6 is 0 Å². The third-order valence-electron chi connectivity index (χ3n) is 2.80. The Bertz CT molecular complexity index is 339. The average Bonchev–Trinajstić information content (AvgIpc) is 2.22. The SMILES string of the molecule is C#CC[C@@H](C(=O)C(C)(C)C)C(=O)C(C)(C)OC. The molecule has 0 N–H and O–H groups in total. The van der Waals surface area contributed by atoms with Gasteiger partial charge in [-0.2, -0.15) is 0 Å². The zero-order chi connectivity index (χ0) is 13.9. The number of hydrogen-bond acceptors (Lipinski definition) is 3. The Kier molecular flexibility index (Phi) is 5.10. The van der Waals surface area contributed by atoms with Crippen LogP contribution in [0.4, 0.5) is 0 Å². The minimum Gasteiger partial charge on any atom is -0.371 e. The Morgan fingerprint density at radius 3 is 1.94 bits per heavy atom. The fourth-order valence-electron chi connectivity index (χ4n) is 1.47. The van der Waals surface area contributed by atoms with E-state index >= 15 is 0 Å². The molecule has 0 saturated heterocycles. The van der Waals surface area contributed by atoms with Gasteiger partial charge in [-0.05, 0) is 13.8 Å². The first-order valence-corrected chi connectivity index (χ1v) is 5.65. The van der Waals surface area contributed by atoms with Crippen LogP contribution in [0.3, 0.4) is 0 Å². The third-order valence-corrected chi connectivity index (χ3v) is 2.80. The number of ketones is 2. The van der Waals surface area contributed by atoms with Crippen LogP contribution in [0.15, 0.2) is 0 Å². The topological polar surface area (TPSA) is 43.4 Å². The molecular weight excluding hydrogens is 216 g/mol. The van der Waals surface area contributed by atoms with Crippen molar-refractivity contribution < 1.29 is 14.3 Å². The summed E-state index contributed by atoms with van der Waals surface area (Å²) in [5, 5.41) is 0. The highest BCUT2D eigenvalue weighted by atomic mass is 16.5. The number of methoxy groups -OCH3 is 1. The zero-order valence-corrected chi connectivity index (χ0v) is 11.6. The van der Waals surface area contributed by atoms with Crippen LogP contribution < -0.4 is 0 Å². The van der Waals surface area contributed by atoms with Gasteiger partial charge in [0.1, 0.15) is 11.4 Å². The second kappa shape index (κ2) is 5.46. The molecule has 1 atom stereocenters. The van der Waals surface area contributed by atoms with E-state index in [2.05, 4.69) is 5.92 Å². The third kappa shape index (κ3) is 3.98. The Balaban J connectivity index is 5.21. The molecule has 0 aliphatic rings.